The van der Waals surface area contributed by atoms with Gasteiger partial charge in [-0.3, -0.25) is 14.3 Å². The van der Waals surface area contributed by atoms with E-state index in [1.807, 2.05) is 18.2 Å². The molecule has 3 aromatic carbocycles. The van der Waals surface area contributed by atoms with Crippen molar-refractivity contribution < 1.29 is 4.39 Å². The Hall–Kier alpha value is -2.48. The van der Waals surface area contributed by atoms with Crippen LogP contribution in [-0.2, 0) is 6.54 Å². The number of rotatable bonds is 4. The van der Waals surface area contributed by atoms with Gasteiger partial charge in [-0.25, -0.2) is 9.37 Å². The fraction of sp³-hybridized carbons (Fsp3) is 0.231. The molecular formula is C26H22Cl3FN4O. The van der Waals surface area contributed by atoms with Gasteiger partial charge in [0.1, 0.15) is 11.6 Å². The zero-order valence-corrected chi connectivity index (χ0v) is 21.2. The minimum atomic E-state index is -0.631. The van der Waals surface area contributed by atoms with Crippen molar-refractivity contribution in [3.8, 4) is 17.1 Å². The van der Waals surface area contributed by atoms with Crippen LogP contribution in [0, 0.1) is 5.82 Å². The lowest BCUT2D eigenvalue weighted by Gasteiger charge is -2.32. The van der Waals surface area contributed by atoms with Crippen molar-refractivity contribution in [2.75, 3.05) is 33.2 Å². The Morgan fingerprint density at radius 1 is 0.971 bits per heavy atom. The largest absolute Gasteiger partial charge is 0.304 e. The first kappa shape index (κ1) is 24.2. The van der Waals surface area contributed by atoms with Crippen LogP contribution in [0.25, 0.3) is 28.0 Å². The molecule has 0 radical (unpaired) electrons. The Kier molecular flexibility index (Phi) is 6.84. The second kappa shape index (κ2) is 9.88. The average Bonchev–Trinajstić information content (AvgIpc) is 2.83. The van der Waals surface area contributed by atoms with Gasteiger partial charge in [0, 0.05) is 43.3 Å². The van der Waals surface area contributed by atoms with E-state index in [-0.39, 0.29) is 10.6 Å². The molecule has 0 amide bonds. The van der Waals surface area contributed by atoms with E-state index >= 15 is 0 Å². The van der Waals surface area contributed by atoms with Gasteiger partial charge >= 0.3 is 0 Å². The van der Waals surface area contributed by atoms with E-state index in [9.17, 15) is 9.18 Å². The smallest absolute Gasteiger partial charge is 0.266 e. The van der Waals surface area contributed by atoms with Gasteiger partial charge in [-0.1, -0.05) is 46.9 Å². The maximum absolute atomic E-state index is 14.4. The van der Waals surface area contributed by atoms with E-state index in [1.54, 1.807) is 24.3 Å². The Labute approximate surface area is 217 Å². The molecule has 0 bridgehead atoms. The molecule has 180 valence electrons. The zero-order chi connectivity index (χ0) is 24.7. The molecule has 0 aliphatic carbocycles. The Morgan fingerprint density at radius 3 is 2.49 bits per heavy atom. The monoisotopic (exact) mass is 530 g/mol. The lowest BCUT2D eigenvalue weighted by atomic mass is 10.1. The number of fused-ring (bicyclic) bond motifs is 1. The van der Waals surface area contributed by atoms with E-state index in [4.69, 9.17) is 39.8 Å². The molecule has 9 heteroatoms. The van der Waals surface area contributed by atoms with Crippen molar-refractivity contribution >= 4 is 45.7 Å². The molecule has 0 unspecified atom stereocenters. The number of benzene rings is 3. The molecule has 2 heterocycles. The second-order valence-corrected chi connectivity index (χ2v) is 9.92. The Bertz CT molecular complexity index is 1480. The van der Waals surface area contributed by atoms with Crippen LogP contribution < -0.4 is 5.56 Å². The summed E-state index contributed by atoms with van der Waals surface area (Å²) >= 11 is 19.0. The third-order valence-electron chi connectivity index (χ3n) is 6.30. The molecule has 1 aromatic heterocycles. The number of halogens is 4. The van der Waals surface area contributed by atoms with Crippen LogP contribution in [0.1, 0.15) is 5.56 Å². The molecule has 1 aliphatic heterocycles. The van der Waals surface area contributed by atoms with Crippen LogP contribution in [-0.4, -0.2) is 52.6 Å². The summed E-state index contributed by atoms with van der Waals surface area (Å²) in [5.74, 6) is -0.329. The maximum atomic E-state index is 14.4. The summed E-state index contributed by atoms with van der Waals surface area (Å²) in [6.45, 7) is 4.55. The number of piperazine rings is 1. The molecule has 0 N–H and O–H groups in total. The number of hydrogen-bond acceptors (Lipinski definition) is 4. The number of nitrogens with zero attached hydrogens (tertiary/aromatic N) is 4. The topological polar surface area (TPSA) is 41.4 Å². The molecule has 5 nitrogen and oxygen atoms in total. The fourth-order valence-corrected chi connectivity index (χ4v) is 4.88. The van der Waals surface area contributed by atoms with Gasteiger partial charge in [0.25, 0.3) is 5.56 Å². The summed E-state index contributed by atoms with van der Waals surface area (Å²) in [4.78, 5) is 23.1. The summed E-state index contributed by atoms with van der Waals surface area (Å²) in [5, 5.41) is 1.29. The van der Waals surface area contributed by atoms with Crippen molar-refractivity contribution in [2.45, 2.75) is 6.54 Å². The minimum absolute atomic E-state index is 0.0314. The van der Waals surface area contributed by atoms with E-state index in [1.165, 1.54) is 16.7 Å². The predicted molar refractivity (Wildman–Crippen MR) is 141 cm³/mol. The molecule has 1 saturated heterocycles. The number of aromatic nitrogens is 2. The highest BCUT2D eigenvalue weighted by Crippen LogP contribution is 2.33. The summed E-state index contributed by atoms with van der Waals surface area (Å²) in [5.41, 5.74) is 1.89. The van der Waals surface area contributed by atoms with Gasteiger partial charge in [-0.2, -0.15) is 0 Å². The van der Waals surface area contributed by atoms with Crippen LogP contribution in [0.2, 0.25) is 15.1 Å². The van der Waals surface area contributed by atoms with Gasteiger partial charge in [0.05, 0.1) is 26.6 Å². The van der Waals surface area contributed by atoms with Crippen LogP contribution in [0.5, 0.6) is 0 Å². The van der Waals surface area contributed by atoms with Crippen LogP contribution >= 0.6 is 34.8 Å². The maximum Gasteiger partial charge on any atom is 0.266 e. The van der Waals surface area contributed by atoms with Gasteiger partial charge in [-0.15, -0.1) is 0 Å². The quantitative estimate of drug-likeness (QED) is 0.329. The summed E-state index contributed by atoms with van der Waals surface area (Å²) in [7, 11) is 2.11. The highest BCUT2D eigenvalue weighted by molar-refractivity contribution is 6.34. The van der Waals surface area contributed by atoms with Crippen LogP contribution in [0.15, 0.2) is 59.4 Å². The fourth-order valence-electron chi connectivity index (χ4n) is 4.32. The second-order valence-electron chi connectivity index (χ2n) is 8.69. The molecule has 35 heavy (non-hydrogen) atoms. The zero-order valence-electron chi connectivity index (χ0n) is 18.9. The van der Waals surface area contributed by atoms with Gasteiger partial charge in [0.2, 0.25) is 0 Å². The van der Waals surface area contributed by atoms with Crippen molar-refractivity contribution in [1.82, 2.24) is 19.4 Å². The van der Waals surface area contributed by atoms with E-state index < -0.39 is 5.82 Å². The van der Waals surface area contributed by atoms with E-state index in [0.717, 1.165) is 31.7 Å². The molecule has 0 saturated carbocycles. The highest BCUT2D eigenvalue weighted by atomic mass is 35.5. The third-order valence-corrected chi connectivity index (χ3v) is 7.29. The lowest BCUT2D eigenvalue weighted by Crippen LogP contribution is -2.43. The first-order valence-electron chi connectivity index (χ1n) is 11.2. The summed E-state index contributed by atoms with van der Waals surface area (Å²) in [6, 6.07) is 14.8. The molecule has 1 fully saturated rings. The van der Waals surface area contributed by atoms with Gasteiger partial charge in [-0.05, 0) is 55.1 Å². The molecule has 4 aromatic rings. The number of hydrogen-bond donors (Lipinski definition) is 0. The van der Waals surface area contributed by atoms with Gasteiger partial charge in [0.15, 0.2) is 0 Å². The van der Waals surface area contributed by atoms with E-state index in [2.05, 4.69) is 16.8 Å². The average molecular weight is 532 g/mol. The predicted octanol–water partition coefficient (Wildman–Crippen LogP) is 5.90. The van der Waals surface area contributed by atoms with Gasteiger partial charge < -0.3 is 4.90 Å². The highest BCUT2D eigenvalue weighted by Gasteiger charge is 2.21. The van der Waals surface area contributed by atoms with Crippen molar-refractivity contribution in [2.24, 2.45) is 0 Å². The molecule has 1 aliphatic rings. The molecule has 0 spiro atoms. The van der Waals surface area contributed by atoms with E-state index in [0.29, 0.717) is 44.6 Å². The van der Waals surface area contributed by atoms with Crippen molar-refractivity contribution in [1.29, 1.82) is 0 Å². The number of likely N-dealkylation sites (N-methyl/N-ethyl adjacent to an activating group) is 1. The normalized spacial score (nSPS) is 15.1. The Balaban J connectivity index is 1.69. The first-order chi connectivity index (χ1) is 16.8. The third kappa shape index (κ3) is 4.82. The molecule has 5 rings (SSSR count). The molecular weight excluding hydrogens is 510 g/mol. The minimum Gasteiger partial charge on any atom is -0.304 e. The standard InChI is InChI=1S/C26H22Cl3FN4O/c1-32-9-11-33(12-10-32)15-16-3-2-4-20(24(16)29)25-31-23-13-17(27)5-7-19(23)26(35)34(25)18-6-8-21(28)22(30)14-18/h2-8,13-14H,9-12,15H2,1H3. The van der Waals surface area contributed by atoms with Crippen LogP contribution in [0.3, 0.4) is 0 Å². The summed E-state index contributed by atoms with van der Waals surface area (Å²) < 4.78 is 15.8. The Morgan fingerprint density at radius 2 is 1.74 bits per heavy atom. The first-order valence-corrected chi connectivity index (χ1v) is 12.3. The van der Waals surface area contributed by atoms with Crippen LogP contribution in [0.4, 0.5) is 4.39 Å². The SMILES string of the molecule is CN1CCN(Cc2cccc(-c3nc4cc(Cl)ccc4c(=O)n3-c3ccc(Cl)c(F)c3)c2Cl)CC1. The summed E-state index contributed by atoms with van der Waals surface area (Å²) in [6.07, 6.45) is 0. The van der Waals surface area contributed by atoms with Crippen molar-refractivity contribution in [3.63, 3.8) is 0 Å². The van der Waals surface area contributed by atoms with Crippen molar-refractivity contribution in [3.05, 3.63) is 91.4 Å². The molecule has 0 atom stereocenters. The lowest BCUT2D eigenvalue weighted by molar-refractivity contribution is 0.148.